The first-order valence-electron chi connectivity index (χ1n) is 8.98. The monoisotopic (exact) mass is 419 g/mol. The quantitative estimate of drug-likeness (QED) is 0.677. The zero-order valence-electron chi connectivity index (χ0n) is 15.0. The van der Waals surface area contributed by atoms with Gasteiger partial charge in [0.1, 0.15) is 12.4 Å². The molecule has 2 aromatic rings. The van der Waals surface area contributed by atoms with Crippen molar-refractivity contribution in [3.8, 4) is 11.4 Å². The van der Waals surface area contributed by atoms with Gasteiger partial charge in [-0.2, -0.15) is 13.2 Å². The third-order valence-electron chi connectivity index (χ3n) is 4.65. The molecule has 3 rings (SSSR count). The molecule has 2 N–H and O–H groups in total. The fourth-order valence-electron chi connectivity index (χ4n) is 3.25. The molecule has 0 saturated heterocycles. The number of amides is 1. The summed E-state index contributed by atoms with van der Waals surface area (Å²) in [4.78, 5) is 20.7. The molecule has 28 heavy (non-hydrogen) atoms. The molecular formula is C17H21F4N5OS. The molecule has 1 aliphatic rings. The molecule has 0 bridgehead atoms. The summed E-state index contributed by atoms with van der Waals surface area (Å²) in [6.07, 6.45) is 1.25. The highest BCUT2D eigenvalue weighted by Gasteiger charge is 2.30. The van der Waals surface area contributed by atoms with Crippen molar-refractivity contribution in [1.29, 1.82) is 0 Å². The predicted molar refractivity (Wildman–Crippen MR) is 96.9 cm³/mol. The van der Waals surface area contributed by atoms with E-state index in [0.29, 0.717) is 42.1 Å². The Bertz CT molecular complexity index is 783. The lowest BCUT2D eigenvalue weighted by Crippen LogP contribution is -2.44. The lowest BCUT2D eigenvalue weighted by atomic mass is 9.91. The highest BCUT2D eigenvalue weighted by molar-refractivity contribution is 7.12. The van der Waals surface area contributed by atoms with Gasteiger partial charge in [-0.3, -0.25) is 4.79 Å². The van der Waals surface area contributed by atoms with Crippen LogP contribution >= 0.6 is 11.3 Å². The minimum atomic E-state index is -4.22. The number of nitrogens with zero attached hydrogens (tertiary/aromatic N) is 3. The molecule has 0 radical (unpaired) electrons. The van der Waals surface area contributed by atoms with Crippen molar-refractivity contribution in [3.63, 3.8) is 0 Å². The number of nitrogens with one attached hydrogen (secondary N) is 2. The average Bonchev–Trinajstić information content (AvgIpc) is 3.30. The van der Waals surface area contributed by atoms with Gasteiger partial charge in [0.15, 0.2) is 5.01 Å². The highest BCUT2D eigenvalue weighted by Crippen LogP contribution is 2.24. The maximum absolute atomic E-state index is 12.6. The summed E-state index contributed by atoms with van der Waals surface area (Å²) in [5, 5.41) is 7.43. The normalized spacial score (nSPS) is 20.3. The number of alkyl halides is 4. The summed E-state index contributed by atoms with van der Waals surface area (Å²) >= 11 is 1.19. The van der Waals surface area contributed by atoms with Crippen molar-refractivity contribution in [2.75, 3.05) is 13.2 Å². The van der Waals surface area contributed by atoms with E-state index in [0.717, 1.165) is 0 Å². The van der Waals surface area contributed by atoms with E-state index in [1.54, 1.807) is 16.1 Å². The van der Waals surface area contributed by atoms with Gasteiger partial charge in [-0.15, -0.1) is 11.3 Å². The minimum Gasteiger partial charge on any atom is -0.347 e. The molecule has 154 valence electrons. The SMILES string of the molecule is O=C(NC1CCC(NCC(F)(F)F)CC1)c1nc(-c2cncn2CCF)cs1. The lowest BCUT2D eigenvalue weighted by Gasteiger charge is -2.29. The van der Waals surface area contributed by atoms with Crippen LogP contribution in [0.25, 0.3) is 11.4 Å². The average molecular weight is 419 g/mol. The molecule has 1 aliphatic carbocycles. The molecule has 0 atom stereocenters. The van der Waals surface area contributed by atoms with Crippen molar-refractivity contribution >= 4 is 17.2 Å². The Morgan fingerprint density at radius 2 is 1.96 bits per heavy atom. The maximum atomic E-state index is 12.6. The van der Waals surface area contributed by atoms with E-state index in [1.807, 2.05) is 0 Å². The van der Waals surface area contributed by atoms with Crippen LogP contribution in [0.15, 0.2) is 17.9 Å². The molecular weight excluding hydrogens is 398 g/mol. The van der Waals surface area contributed by atoms with Gasteiger partial charge in [0.25, 0.3) is 5.91 Å². The van der Waals surface area contributed by atoms with E-state index in [9.17, 15) is 22.4 Å². The van der Waals surface area contributed by atoms with Gasteiger partial charge < -0.3 is 15.2 Å². The molecule has 0 spiro atoms. The number of aryl methyl sites for hydroxylation is 1. The number of rotatable bonds is 7. The fourth-order valence-corrected chi connectivity index (χ4v) is 3.96. The van der Waals surface area contributed by atoms with Crippen LogP contribution in [-0.2, 0) is 6.54 Å². The molecule has 2 heterocycles. The van der Waals surface area contributed by atoms with Crippen LogP contribution in [0.1, 0.15) is 35.5 Å². The number of hydrogen-bond acceptors (Lipinski definition) is 5. The van der Waals surface area contributed by atoms with Gasteiger partial charge >= 0.3 is 6.18 Å². The standard InChI is InChI=1S/C17H21F4N5OS/c18-5-6-26-10-22-7-14(26)13-8-28-16(25-13)15(27)24-12-3-1-11(2-4-12)23-9-17(19,20)21/h7-8,10-12,23H,1-6,9H2,(H,24,27). The van der Waals surface area contributed by atoms with Crippen molar-refractivity contribution < 1.29 is 22.4 Å². The zero-order valence-corrected chi connectivity index (χ0v) is 15.8. The Morgan fingerprint density at radius 3 is 2.64 bits per heavy atom. The Balaban J connectivity index is 1.51. The molecule has 1 fully saturated rings. The van der Waals surface area contributed by atoms with Crippen LogP contribution in [0.5, 0.6) is 0 Å². The van der Waals surface area contributed by atoms with Gasteiger partial charge in [0.2, 0.25) is 0 Å². The number of carbonyl (C=O) groups excluding carboxylic acids is 1. The smallest absolute Gasteiger partial charge is 0.347 e. The van der Waals surface area contributed by atoms with Crippen LogP contribution in [0.4, 0.5) is 17.6 Å². The van der Waals surface area contributed by atoms with Gasteiger partial charge in [0, 0.05) is 17.5 Å². The van der Waals surface area contributed by atoms with Crippen molar-refractivity contribution in [2.45, 2.75) is 50.5 Å². The second kappa shape index (κ2) is 8.99. The summed E-state index contributed by atoms with van der Waals surface area (Å²) in [6, 6.07) is -0.266. The molecule has 11 heteroatoms. The Kier molecular flexibility index (Phi) is 6.65. The van der Waals surface area contributed by atoms with Crippen LogP contribution in [0, 0.1) is 0 Å². The number of thiazole rings is 1. The molecule has 0 unspecified atom stereocenters. The highest BCUT2D eigenvalue weighted by atomic mass is 32.1. The van der Waals surface area contributed by atoms with E-state index in [-0.39, 0.29) is 24.5 Å². The number of hydrogen-bond donors (Lipinski definition) is 2. The van der Waals surface area contributed by atoms with Crippen LogP contribution in [0.2, 0.25) is 0 Å². The topological polar surface area (TPSA) is 71.8 Å². The summed E-state index contributed by atoms with van der Waals surface area (Å²) in [5.74, 6) is -0.306. The second-order valence-electron chi connectivity index (χ2n) is 6.72. The third kappa shape index (κ3) is 5.51. The van der Waals surface area contributed by atoms with Gasteiger partial charge in [-0.25, -0.2) is 14.4 Å². The van der Waals surface area contributed by atoms with E-state index < -0.39 is 19.4 Å². The molecule has 6 nitrogen and oxygen atoms in total. The fraction of sp³-hybridized carbons (Fsp3) is 0.588. The van der Waals surface area contributed by atoms with Crippen molar-refractivity contribution in [2.24, 2.45) is 0 Å². The van der Waals surface area contributed by atoms with E-state index in [2.05, 4.69) is 20.6 Å². The van der Waals surface area contributed by atoms with Crippen LogP contribution in [0.3, 0.4) is 0 Å². The number of carbonyl (C=O) groups is 1. The minimum absolute atomic E-state index is 0.0825. The first-order valence-corrected chi connectivity index (χ1v) is 9.86. The summed E-state index contributed by atoms with van der Waals surface area (Å²) in [6.45, 7) is -1.35. The Morgan fingerprint density at radius 1 is 1.25 bits per heavy atom. The van der Waals surface area contributed by atoms with Gasteiger partial charge in [0.05, 0.1) is 31.3 Å². The first kappa shape index (κ1) is 20.7. The second-order valence-corrected chi connectivity index (χ2v) is 7.58. The van der Waals surface area contributed by atoms with Gasteiger partial charge in [-0.05, 0) is 25.7 Å². The summed E-state index contributed by atoms with van der Waals surface area (Å²) in [7, 11) is 0. The first-order chi connectivity index (χ1) is 13.4. The van der Waals surface area contributed by atoms with Crippen LogP contribution in [-0.4, -0.2) is 51.9 Å². The number of aromatic nitrogens is 3. The van der Waals surface area contributed by atoms with E-state index in [1.165, 1.54) is 17.7 Å². The zero-order chi connectivity index (χ0) is 20.1. The van der Waals surface area contributed by atoms with E-state index >= 15 is 0 Å². The summed E-state index contributed by atoms with van der Waals surface area (Å²) in [5.41, 5.74) is 1.20. The van der Waals surface area contributed by atoms with Crippen LogP contribution < -0.4 is 10.6 Å². The molecule has 2 aromatic heterocycles. The number of imidazole rings is 1. The van der Waals surface area contributed by atoms with E-state index in [4.69, 9.17) is 0 Å². The van der Waals surface area contributed by atoms with Crippen molar-refractivity contribution in [3.05, 3.63) is 22.9 Å². The summed E-state index contributed by atoms with van der Waals surface area (Å²) < 4.78 is 51.0. The largest absolute Gasteiger partial charge is 0.401 e. The number of halogens is 4. The van der Waals surface area contributed by atoms with Crippen molar-refractivity contribution in [1.82, 2.24) is 25.2 Å². The molecule has 0 aromatic carbocycles. The lowest BCUT2D eigenvalue weighted by molar-refractivity contribution is -0.126. The molecule has 1 amide bonds. The molecule has 1 saturated carbocycles. The Hall–Kier alpha value is -2.01. The maximum Gasteiger partial charge on any atom is 0.401 e. The Labute approximate surface area is 163 Å². The molecule has 0 aliphatic heterocycles. The van der Waals surface area contributed by atoms with Gasteiger partial charge in [-0.1, -0.05) is 0 Å². The third-order valence-corrected chi connectivity index (χ3v) is 5.49. The predicted octanol–water partition coefficient (Wildman–Crippen LogP) is 3.17.